The topological polar surface area (TPSA) is 86.3 Å². The van der Waals surface area contributed by atoms with Crippen LogP contribution in [-0.2, 0) is 20.1 Å². The quantitative estimate of drug-likeness (QED) is 0.448. The fourth-order valence-electron chi connectivity index (χ4n) is 4.78. The van der Waals surface area contributed by atoms with Crippen molar-refractivity contribution in [2.24, 2.45) is 7.05 Å². The summed E-state index contributed by atoms with van der Waals surface area (Å²) in [5, 5.41) is 8.62. The van der Waals surface area contributed by atoms with E-state index in [2.05, 4.69) is 15.4 Å². The molecule has 1 unspecified atom stereocenters. The summed E-state index contributed by atoms with van der Waals surface area (Å²) in [6.45, 7) is 6.76. The van der Waals surface area contributed by atoms with Gasteiger partial charge in [0.15, 0.2) is 0 Å². The Labute approximate surface area is 204 Å². The first kappa shape index (κ1) is 22.7. The molecule has 0 aliphatic carbocycles. The van der Waals surface area contributed by atoms with Crippen molar-refractivity contribution in [3.63, 3.8) is 0 Å². The SMILES string of the molecule is Cc1nn(C)c(CN2C(=O)N(C)C(C)c3ccc(C(=O)NCc4cc5ccccc5[nH]4)cc32)c1C. The molecule has 1 aliphatic rings. The molecule has 1 aliphatic heterocycles. The molecule has 35 heavy (non-hydrogen) atoms. The Hall–Kier alpha value is -4.07. The van der Waals surface area contributed by atoms with Crippen molar-refractivity contribution in [1.82, 2.24) is 25.0 Å². The number of para-hydroxylation sites is 1. The Morgan fingerprint density at radius 2 is 1.89 bits per heavy atom. The van der Waals surface area contributed by atoms with Crippen molar-refractivity contribution in [3.8, 4) is 0 Å². The molecule has 8 heteroatoms. The van der Waals surface area contributed by atoms with Gasteiger partial charge in [0.25, 0.3) is 5.91 Å². The average Bonchev–Trinajstić information content (AvgIpc) is 3.38. The van der Waals surface area contributed by atoms with Crippen LogP contribution in [0.15, 0.2) is 48.5 Å². The lowest BCUT2D eigenvalue weighted by atomic mass is 9.98. The lowest BCUT2D eigenvalue weighted by Crippen LogP contribution is -2.47. The van der Waals surface area contributed by atoms with Crippen LogP contribution in [0.4, 0.5) is 10.5 Å². The minimum atomic E-state index is -0.182. The number of aryl methyl sites for hydroxylation is 2. The van der Waals surface area contributed by atoms with Gasteiger partial charge in [-0.05, 0) is 61.5 Å². The highest BCUT2D eigenvalue weighted by Crippen LogP contribution is 2.37. The summed E-state index contributed by atoms with van der Waals surface area (Å²) < 4.78 is 1.83. The summed E-state index contributed by atoms with van der Waals surface area (Å²) in [5.41, 5.74) is 7.25. The van der Waals surface area contributed by atoms with Crippen LogP contribution in [0, 0.1) is 13.8 Å². The van der Waals surface area contributed by atoms with Gasteiger partial charge >= 0.3 is 6.03 Å². The van der Waals surface area contributed by atoms with E-state index in [4.69, 9.17) is 0 Å². The summed E-state index contributed by atoms with van der Waals surface area (Å²) in [4.78, 5) is 33.2. The first-order chi connectivity index (χ1) is 16.7. The molecule has 0 bridgehead atoms. The first-order valence-corrected chi connectivity index (χ1v) is 11.8. The van der Waals surface area contributed by atoms with Crippen molar-refractivity contribution in [3.05, 3.63) is 82.3 Å². The molecule has 0 spiro atoms. The van der Waals surface area contributed by atoms with Gasteiger partial charge in [0.2, 0.25) is 0 Å². The molecule has 0 radical (unpaired) electrons. The van der Waals surface area contributed by atoms with Gasteiger partial charge in [-0.3, -0.25) is 14.4 Å². The molecule has 180 valence electrons. The summed E-state index contributed by atoms with van der Waals surface area (Å²) in [6, 6.07) is 15.5. The second-order valence-electron chi connectivity index (χ2n) is 9.27. The van der Waals surface area contributed by atoms with Crippen molar-refractivity contribution in [2.45, 2.75) is 39.9 Å². The zero-order valence-corrected chi connectivity index (χ0v) is 20.7. The molecule has 5 rings (SSSR count). The molecule has 0 fully saturated rings. The number of urea groups is 1. The summed E-state index contributed by atoms with van der Waals surface area (Å²) in [6.07, 6.45) is 0. The number of benzene rings is 2. The summed E-state index contributed by atoms with van der Waals surface area (Å²) in [7, 11) is 3.70. The van der Waals surface area contributed by atoms with Gasteiger partial charge in [0.05, 0.1) is 36.2 Å². The first-order valence-electron chi connectivity index (χ1n) is 11.8. The molecule has 8 nitrogen and oxygen atoms in total. The Balaban J connectivity index is 1.43. The Morgan fingerprint density at radius 1 is 1.11 bits per heavy atom. The van der Waals surface area contributed by atoms with E-state index >= 15 is 0 Å². The number of aromatic nitrogens is 3. The number of fused-ring (bicyclic) bond motifs is 2. The molecular weight excluding hydrogens is 440 g/mol. The number of amides is 3. The summed E-state index contributed by atoms with van der Waals surface area (Å²) in [5.74, 6) is -0.182. The van der Waals surface area contributed by atoms with E-state index in [0.29, 0.717) is 18.7 Å². The largest absolute Gasteiger partial charge is 0.357 e. The Kier molecular flexibility index (Phi) is 5.59. The average molecular weight is 471 g/mol. The predicted molar refractivity (Wildman–Crippen MR) is 136 cm³/mol. The molecule has 4 aromatic rings. The molecule has 1 atom stereocenters. The van der Waals surface area contributed by atoms with Crippen LogP contribution in [0.25, 0.3) is 10.9 Å². The van der Waals surface area contributed by atoms with Gasteiger partial charge in [-0.2, -0.15) is 5.10 Å². The number of carbonyl (C=O) groups excluding carboxylic acids is 2. The van der Waals surface area contributed by atoms with Crippen LogP contribution in [0.1, 0.15) is 51.5 Å². The van der Waals surface area contributed by atoms with E-state index in [-0.39, 0.29) is 18.0 Å². The van der Waals surface area contributed by atoms with Gasteiger partial charge in [-0.15, -0.1) is 0 Å². The predicted octanol–water partition coefficient (Wildman–Crippen LogP) is 4.58. The van der Waals surface area contributed by atoms with E-state index in [9.17, 15) is 9.59 Å². The van der Waals surface area contributed by atoms with Gasteiger partial charge in [-0.25, -0.2) is 4.79 Å². The van der Waals surface area contributed by atoms with Gasteiger partial charge in [0, 0.05) is 30.9 Å². The number of hydrogen-bond donors (Lipinski definition) is 2. The highest BCUT2D eigenvalue weighted by atomic mass is 16.2. The zero-order valence-electron chi connectivity index (χ0n) is 20.7. The fourth-order valence-corrected chi connectivity index (χ4v) is 4.78. The number of H-pyrrole nitrogens is 1. The van der Waals surface area contributed by atoms with Crippen LogP contribution in [0.5, 0.6) is 0 Å². The lowest BCUT2D eigenvalue weighted by Gasteiger charge is -2.39. The number of nitrogens with one attached hydrogen (secondary N) is 2. The second-order valence-corrected chi connectivity index (χ2v) is 9.27. The molecule has 2 aromatic carbocycles. The van der Waals surface area contributed by atoms with Crippen LogP contribution < -0.4 is 10.2 Å². The fraction of sp³-hybridized carbons (Fsp3) is 0.296. The standard InChI is InChI=1S/C27H30N6O2/c1-16-17(2)30-32(5)25(16)15-33-24-13-20(10-11-22(24)18(3)31(4)27(33)35)26(34)28-14-21-12-19-8-6-7-9-23(19)29-21/h6-13,18,29H,14-15H2,1-5H3,(H,28,34). The minimum Gasteiger partial charge on any atom is -0.357 e. The number of aromatic amines is 1. The molecule has 2 N–H and O–H groups in total. The third-order valence-electron chi connectivity index (χ3n) is 7.15. The number of hydrogen-bond acceptors (Lipinski definition) is 3. The van der Waals surface area contributed by atoms with E-state index in [1.807, 2.05) is 88.1 Å². The second kappa shape index (κ2) is 8.61. The van der Waals surface area contributed by atoms with Crippen LogP contribution in [-0.4, -0.2) is 38.7 Å². The maximum atomic E-state index is 13.3. The Morgan fingerprint density at radius 3 is 2.60 bits per heavy atom. The van der Waals surface area contributed by atoms with E-state index in [0.717, 1.165) is 44.8 Å². The Bertz CT molecular complexity index is 1420. The molecule has 2 aromatic heterocycles. The molecule has 0 saturated heterocycles. The van der Waals surface area contributed by atoms with Crippen molar-refractivity contribution in [1.29, 1.82) is 0 Å². The lowest BCUT2D eigenvalue weighted by molar-refractivity contribution is 0.0950. The highest BCUT2D eigenvalue weighted by Gasteiger charge is 2.34. The van der Waals surface area contributed by atoms with Crippen LogP contribution >= 0.6 is 0 Å². The van der Waals surface area contributed by atoms with Gasteiger partial charge in [-0.1, -0.05) is 24.3 Å². The smallest absolute Gasteiger partial charge is 0.325 e. The van der Waals surface area contributed by atoms with Crippen molar-refractivity contribution in [2.75, 3.05) is 11.9 Å². The van der Waals surface area contributed by atoms with E-state index in [1.54, 1.807) is 9.80 Å². The number of carbonyl (C=O) groups is 2. The number of anilines is 1. The third-order valence-corrected chi connectivity index (χ3v) is 7.15. The highest BCUT2D eigenvalue weighted by molar-refractivity contribution is 5.99. The van der Waals surface area contributed by atoms with Crippen molar-refractivity contribution >= 4 is 28.5 Å². The normalized spacial score (nSPS) is 15.6. The minimum absolute atomic E-state index is 0.0911. The maximum absolute atomic E-state index is 13.3. The molecule has 3 amide bonds. The molecular formula is C27H30N6O2. The van der Waals surface area contributed by atoms with E-state index in [1.165, 1.54) is 0 Å². The third kappa shape index (κ3) is 3.95. The summed E-state index contributed by atoms with van der Waals surface area (Å²) >= 11 is 0. The molecule has 3 heterocycles. The van der Waals surface area contributed by atoms with Crippen molar-refractivity contribution < 1.29 is 9.59 Å². The number of rotatable bonds is 5. The van der Waals surface area contributed by atoms with Crippen LogP contribution in [0.3, 0.4) is 0 Å². The van der Waals surface area contributed by atoms with Gasteiger partial charge < -0.3 is 15.2 Å². The van der Waals surface area contributed by atoms with Gasteiger partial charge in [0.1, 0.15) is 0 Å². The molecule has 0 saturated carbocycles. The zero-order chi connectivity index (χ0) is 24.9. The van der Waals surface area contributed by atoms with E-state index < -0.39 is 0 Å². The monoisotopic (exact) mass is 470 g/mol. The maximum Gasteiger partial charge on any atom is 0.325 e. The number of nitrogens with zero attached hydrogens (tertiary/aromatic N) is 4. The van der Waals surface area contributed by atoms with Crippen LogP contribution in [0.2, 0.25) is 0 Å².